The van der Waals surface area contributed by atoms with E-state index in [0.29, 0.717) is 5.92 Å². The van der Waals surface area contributed by atoms with Crippen LogP contribution in [0.3, 0.4) is 0 Å². The second-order valence-electron chi connectivity index (χ2n) is 3.55. The van der Waals surface area contributed by atoms with Crippen LogP contribution in [0.1, 0.15) is 12.5 Å². The molecule has 1 saturated heterocycles. The summed E-state index contributed by atoms with van der Waals surface area (Å²) in [4.78, 5) is 0. The maximum absolute atomic E-state index is 5.37. The van der Waals surface area contributed by atoms with Crippen molar-refractivity contribution in [3.63, 3.8) is 0 Å². The third kappa shape index (κ3) is 1.99. The summed E-state index contributed by atoms with van der Waals surface area (Å²) in [5.74, 6) is 0.584. The van der Waals surface area contributed by atoms with Crippen molar-refractivity contribution in [2.75, 3.05) is 13.2 Å². The Morgan fingerprint density at radius 3 is 2.69 bits per heavy atom. The zero-order valence-corrected chi connectivity index (χ0v) is 7.86. The first-order valence-electron chi connectivity index (χ1n) is 4.69. The van der Waals surface area contributed by atoms with Gasteiger partial charge in [-0.15, -0.1) is 0 Å². The number of hydrogen-bond acceptors (Lipinski definition) is 1. The standard InChI is InChI=1S/C12H14O/c1-10-8-13-9-12(10)7-11-5-3-2-4-6-11/h2-7,10H,8-9H2,1H3/b12-7-. The van der Waals surface area contributed by atoms with Crippen LogP contribution < -0.4 is 0 Å². The minimum atomic E-state index is 0.584. The van der Waals surface area contributed by atoms with Gasteiger partial charge in [0.1, 0.15) is 0 Å². The van der Waals surface area contributed by atoms with Crippen molar-refractivity contribution >= 4 is 6.08 Å². The summed E-state index contributed by atoms with van der Waals surface area (Å²) in [6.07, 6.45) is 2.23. The Balaban J connectivity index is 2.20. The molecule has 1 heterocycles. The molecule has 68 valence electrons. The Kier molecular flexibility index (Phi) is 2.46. The van der Waals surface area contributed by atoms with E-state index in [0.717, 1.165) is 13.2 Å². The van der Waals surface area contributed by atoms with Crippen molar-refractivity contribution in [1.29, 1.82) is 0 Å². The van der Waals surface area contributed by atoms with Gasteiger partial charge in [-0.1, -0.05) is 43.3 Å². The van der Waals surface area contributed by atoms with Crippen LogP contribution in [0.5, 0.6) is 0 Å². The molecule has 1 unspecified atom stereocenters. The second kappa shape index (κ2) is 3.75. The van der Waals surface area contributed by atoms with Gasteiger partial charge in [0.05, 0.1) is 13.2 Å². The van der Waals surface area contributed by atoms with Crippen LogP contribution in [0.2, 0.25) is 0 Å². The predicted molar refractivity (Wildman–Crippen MR) is 54.4 cm³/mol. The first-order chi connectivity index (χ1) is 6.36. The van der Waals surface area contributed by atoms with E-state index in [4.69, 9.17) is 4.74 Å². The molecule has 0 spiro atoms. The molecule has 1 fully saturated rings. The van der Waals surface area contributed by atoms with Gasteiger partial charge in [0.15, 0.2) is 0 Å². The zero-order chi connectivity index (χ0) is 9.10. The molecule has 0 radical (unpaired) electrons. The molecule has 0 bridgehead atoms. The molecule has 1 aliphatic heterocycles. The van der Waals surface area contributed by atoms with Crippen LogP contribution in [0, 0.1) is 5.92 Å². The van der Waals surface area contributed by atoms with Crippen molar-refractivity contribution in [3.05, 3.63) is 41.5 Å². The maximum atomic E-state index is 5.37. The maximum Gasteiger partial charge on any atom is 0.0683 e. The molecule has 1 aromatic carbocycles. The lowest BCUT2D eigenvalue weighted by Gasteiger charge is -2.01. The minimum absolute atomic E-state index is 0.584. The van der Waals surface area contributed by atoms with E-state index in [2.05, 4.69) is 37.3 Å². The third-order valence-corrected chi connectivity index (χ3v) is 2.42. The Bertz CT molecular complexity index is 300. The highest BCUT2D eigenvalue weighted by molar-refractivity contribution is 5.53. The summed E-state index contributed by atoms with van der Waals surface area (Å²) in [6, 6.07) is 10.4. The first kappa shape index (κ1) is 8.52. The molecule has 1 aromatic rings. The van der Waals surface area contributed by atoms with Gasteiger partial charge in [-0.25, -0.2) is 0 Å². The highest BCUT2D eigenvalue weighted by atomic mass is 16.5. The molecule has 1 atom stereocenters. The van der Waals surface area contributed by atoms with E-state index in [1.54, 1.807) is 0 Å². The molecule has 1 heteroatoms. The molecular formula is C12H14O. The van der Waals surface area contributed by atoms with Crippen molar-refractivity contribution in [3.8, 4) is 0 Å². The number of rotatable bonds is 1. The Morgan fingerprint density at radius 1 is 1.31 bits per heavy atom. The summed E-state index contributed by atoms with van der Waals surface area (Å²) in [6.45, 7) is 3.89. The lowest BCUT2D eigenvalue weighted by molar-refractivity contribution is 0.191. The van der Waals surface area contributed by atoms with Gasteiger partial charge in [-0.3, -0.25) is 0 Å². The number of ether oxygens (including phenoxy) is 1. The Morgan fingerprint density at radius 2 is 2.08 bits per heavy atom. The molecular weight excluding hydrogens is 160 g/mol. The van der Waals surface area contributed by atoms with E-state index in [9.17, 15) is 0 Å². The van der Waals surface area contributed by atoms with Crippen LogP contribution in [-0.2, 0) is 4.74 Å². The Labute approximate surface area is 79.0 Å². The van der Waals surface area contributed by atoms with Gasteiger partial charge in [-0.05, 0) is 11.1 Å². The van der Waals surface area contributed by atoms with Crippen molar-refractivity contribution in [2.24, 2.45) is 5.92 Å². The monoisotopic (exact) mass is 174 g/mol. The molecule has 1 aliphatic rings. The van der Waals surface area contributed by atoms with Crippen LogP contribution in [0.25, 0.3) is 6.08 Å². The van der Waals surface area contributed by atoms with Gasteiger partial charge in [0.25, 0.3) is 0 Å². The number of hydrogen-bond donors (Lipinski definition) is 0. The average molecular weight is 174 g/mol. The second-order valence-corrected chi connectivity index (χ2v) is 3.55. The largest absolute Gasteiger partial charge is 0.376 e. The van der Waals surface area contributed by atoms with Crippen LogP contribution in [-0.4, -0.2) is 13.2 Å². The molecule has 1 nitrogen and oxygen atoms in total. The van der Waals surface area contributed by atoms with Crippen molar-refractivity contribution in [2.45, 2.75) is 6.92 Å². The topological polar surface area (TPSA) is 9.23 Å². The SMILES string of the molecule is CC1COC/C1=C/c1ccccc1. The average Bonchev–Trinajstić information content (AvgIpc) is 2.54. The van der Waals surface area contributed by atoms with Gasteiger partial charge in [0.2, 0.25) is 0 Å². The summed E-state index contributed by atoms with van der Waals surface area (Å²) in [5, 5.41) is 0. The highest BCUT2D eigenvalue weighted by Gasteiger charge is 2.15. The van der Waals surface area contributed by atoms with E-state index < -0.39 is 0 Å². The van der Waals surface area contributed by atoms with Crippen LogP contribution in [0.15, 0.2) is 35.9 Å². The zero-order valence-electron chi connectivity index (χ0n) is 7.86. The smallest absolute Gasteiger partial charge is 0.0683 e. The van der Waals surface area contributed by atoms with Crippen LogP contribution >= 0.6 is 0 Å². The van der Waals surface area contributed by atoms with Crippen molar-refractivity contribution < 1.29 is 4.74 Å². The quantitative estimate of drug-likeness (QED) is 0.636. The fraction of sp³-hybridized carbons (Fsp3) is 0.333. The molecule has 0 N–H and O–H groups in total. The lowest BCUT2D eigenvalue weighted by Crippen LogP contribution is -1.93. The van der Waals surface area contributed by atoms with Gasteiger partial charge >= 0.3 is 0 Å². The summed E-state index contributed by atoms with van der Waals surface area (Å²) < 4.78 is 5.37. The molecule has 0 amide bonds. The van der Waals surface area contributed by atoms with E-state index >= 15 is 0 Å². The fourth-order valence-corrected chi connectivity index (χ4v) is 1.55. The number of benzene rings is 1. The summed E-state index contributed by atoms with van der Waals surface area (Å²) >= 11 is 0. The summed E-state index contributed by atoms with van der Waals surface area (Å²) in [5.41, 5.74) is 2.68. The normalized spacial score (nSPS) is 25.3. The third-order valence-electron chi connectivity index (χ3n) is 2.42. The van der Waals surface area contributed by atoms with Gasteiger partial charge < -0.3 is 4.74 Å². The van der Waals surface area contributed by atoms with Crippen LogP contribution in [0.4, 0.5) is 0 Å². The molecule has 0 aromatic heterocycles. The first-order valence-corrected chi connectivity index (χ1v) is 4.69. The molecule has 0 aliphatic carbocycles. The van der Waals surface area contributed by atoms with E-state index in [1.807, 2.05) is 6.07 Å². The van der Waals surface area contributed by atoms with Crippen molar-refractivity contribution in [1.82, 2.24) is 0 Å². The van der Waals surface area contributed by atoms with Gasteiger partial charge in [-0.2, -0.15) is 0 Å². The van der Waals surface area contributed by atoms with E-state index in [1.165, 1.54) is 11.1 Å². The fourth-order valence-electron chi connectivity index (χ4n) is 1.55. The summed E-state index contributed by atoms with van der Waals surface area (Å²) in [7, 11) is 0. The minimum Gasteiger partial charge on any atom is -0.376 e. The van der Waals surface area contributed by atoms with Gasteiger partial charge in [0, 0.05) is 5.92 Å². The molecule has 0 saturated carbocycles. The highest BCUT2D eigenvalue weighted by Crippen LogP contribution is 2.21. The predicted octanol–water partition coefficient (Wildman–Crippen LogP) is 2.74. The molecule has 2 rings (SSSR count). The Hall–Kier alpha value is -1.08. The van der Waals surface area contributed by atoms with E-state index in [-0.39, 0.29) is 0 Å². The molecule has 13 heavy (non-hydrogen) atoms. The lowest BCUT2D eigenvalue weighted by atomic mass is 10.0.